The molecule has 1 amide bonds. The summed E-state index contributed by atoms with van der Waals surface area (Å²) in [5.74, 6) is -1.22. The van der Waals surface area contributed by atoms with Crippen LogP contribution < -0.4 is 0 Å². The third-order valence-corrected chi connectivity index (χ3v) is 2.59. The van der Waals surface area contributed by atoms with E-state index in [1.165, 1.54) is 18.9 Å². The maximum Gasteiger partial charge on any atom is 0.336 e. The Balaban J connectivity index is 3.09. The van der Waals surface area contributed by atoms with Gasteiger partial charge in [0, 0.05) is 18.9 Å². The Morgan fingerprint density at radius 2 is 2.00 bits per heavy atom. The third kappa shape index (κ3) is 1.86. The summed E-state index contributed by atoms with van der Waals surface area (Å²) >= 11 is 0. The summed E-state index contributed by atoms with van der Waals surface area (Å²) in [7, 11) is 1.21. The number of ketones is 1. The van der Waals surface area contributed by atoms with Gasteiger partial charge in [0.15, 0.2) is 11.8 Å². The van der Waals surface area contributed by atoms with E-state index >= 15 is 0 Å². The van der Waals surface area contributed by atoms with Crippen molar-refractivity contribution in [3.8, 4) is 0 Å². The lowest BCUT2D eigenvalue weighted by atomic mass is 10.0. The second-order valence-electron chi connectivity index (χ2n) is 4.27. The zero-order valence-corrected chi connectivity index (χ0v) is 9.36. The van der Waals surface area contributed by atoms with E-state index in [-0.39, 0.29) is 18.1 Å². The van der Waals surface area contributed by atoms with Gasteiger partial charge in [-0.25, -0.2) is 4.79 Å². The van der Waals surface area contributed by atoms with Crippen LogP contribution in [0.5, 0.6) is 0 Å². The van der Waals surface area contributed by atoms with Gasteiger partial charge in [-0.15, -0.1) is 0 Å². The van der Waals surface area contributed by atoms with Gasteiger partial charge in [0.2, 0.25) is 5.91 Å². The van der Waals surface area contributed by atoms with Crippen LogP contribution in [0.15, 0.2) is 0 Å². The third-order valence-electron chi connectivity index (χ3n) is 2.59. The van der Waals surface area contributed by atoms with E-state index in [1.54, 1.807) is 13.8 Å². The van der Waals surface area contributed by atoms with E-state index in [0.29, 0.717) is 0 Å². The Bertz CT molecular complexity index is 321. The highest BCUT2D eigenvalue weighted by atomic mass is 16.5. The number of methoxy groups -OCH3 is 1. The van der Waals surface area contributed by atoms with E-state index in [1.807, 2.05) is 0 Å². The number of hydrogen-bond donors (Lipinski definition) is 0. The summed E-state index contributed by atoms with van der Waals surface area (Å²) < 4.78 is 4.52. The van der Waals surface area contributed by atoms with Gasteiger partial charge in [-0.2, -0.15) is 0 Å². The smallest absolute Gasteiger partial charge is 0.336 e. The number of Topliss-reactive ketones (excluding diaryl/α,β-unsaturated/α-hetero) is 1. The predicted octanol–water partition coefficient (Wildman–Crippen LogP) is 0.128. The fourth-order valence-corrected chi connectivity index (χ4v) is 2.06. The molecule has 0 spiro atoms. The zero-order valence-electron chi connectivity index (χ0n) is 9.36. The summed E-state index contributed by atoms with van der Waals surface area (Å²) in [6.45, 7) is 4.86. The number of ether oxygens (including phenoxy) is 1. The van der Waals surface area contributed by atoms with Gasteiger partial charge in [-0.3, -0.25) is 9.59 Å². The molecule has 0 aromatic rings. The molecule has 0 saturated carbocycles. The molecule has 0 N–H and O–H groups in total. The average molecular weight is 213 g/mol. The van der Waals surface area contributed by atoms with Crippen molar-refractivity contribution in [3.63, 3.8) is 0 Å². The Morgan fingerprint density at radius 3 is 2.40 bits per heavy atom. The van der Waals surface area contributed by atoms with Crippen molar-refractivity contribution in [2.75, 3.05) is 7.11 Å². The van der Waals surface area contributed by atoms with Crippen LogP contribution >= 0.6 is 0 Å². The molecule has 1 heterocycles. The first-order chi connectivity index (χ1) is 6.81. The largest absolute Gasteiger partial charge is 0.467 e. The Morgan fingerprint density at radius 1 is 1.47 bits per heavy atom. The molecule has 0 aromatic carbocycles. The summed E-state index contributed by atoms with van der Waals surface area (Å²) in [4.78, 5) is 35.7. The normalized spacial score (nSPS) is 24.1. The first-order valence-corrected chi connectivity index (χ1v) is 4.71. The molecule has 0 radical (unpaired) electrons. The van der Waals surface area contributed by atoms with Crippen molar-refractivity contribution in [1.29, 1.82) is 0 Å². The second-order valence-corrected chi connectivity index (χ2v) is 4.27. The van der Waals surface area contributed by atoms with Crippen LogP contribution in [0.2, 0.25) is 0 Å². The van der Waals surface area contributed by atoms with Crippen LogP contribution in [0.1, 0.15) is 27.2 Å². The molecule has 1 aliphatic rings. The minimum absolute atomic E-state index is 0.187. The first kappa shape index (κ1) is 11.7. The van der Waals surface area contributed by atoms with Crippen LogP contribution in [0.3, 0.4) is 0 Å². The van der Waals surface area contributed by atoms with Crippen molar-refractivity contribution in [2.45, 2.75) is 38.8 Å². The lowest BCUT2D eigenvalue weighted by Gasteiger charge is -2.32. The maximum atomic E-state index is 11.6. The first-order valence-electron chi connectivity index (χ1n) is 4.71. The summed E-state index contributed by atoms with van der Waals surface area (Å²) in [6, 6.07) is -1.07. The van der Waals surface area contributed by atoms with E-state index in [2.05, 4.69) is 4.74 Å². The highest BCUT2D eigenvalue weighted by molar-refractivity contribution is 6.08. The van der Waals surface area contributed by atoms with E-state index in [0.717, 1.165) is 0 Å². The quantitative estimate of drug-likeness (QED) is 0.458. The highest BCUT2D eigenvalue weighted by Gasteiger charge is 2.50. The number of carbonyl (C=O) groups is 3. The zero-order chi connectivity index (χ0) is 11.8. The molecule has 1 saturated heterocycles. The predicted molar refractivity (Wildman–Crippen MR) is 52.0 cm³/mol. The van der Waals surface area contributed by atoms with Crippen molar-refractivity contribution in [1.82, 2.24) is 4.90 Å². The SMILES string of the molecule is COC(=O)C1C(=O)CC(C)(C)N1C(C)=O. The number of carbonyl (C=O) groups excluding carboxylic acids is 3. The fourth-order valence-electron chi connectivity index (χ4n) is 2.06. The Hall–Kier alpha value is -1.39. The molecule has 15 heavy (non-hydrogen) atoms. The number of nitrogens with zero attached hydrogens (tertiary/aromatic N) is 1. The molecule has 5 nitrogen and oxygen atoms in total. The Kier molecular flexibility index (Phi) is 2.83. The monoisotopic (exact) mass is 213 g/mol. The van der Waals surface area contributed by atoms with Crippen molar-refractivity contribution >= 4 is 17.7 Å². The molecule has 0 aliphatic carbocycles. The molecule has 0 aromatic heterocycles. The number of likely N-dealkylation sites (tertiary alicyclic amines) is 1. The van der Waals surface area contributed by atoms with Gasteiger partial charge in [-0.05, 0) is 13.8 Å². The fraction of sp³-hybridized carbons (Fsp3) is 0.700. The minimum atomic E-state index is -1.07. The van der Waals surface area contributed by atoms with Gasteiger partial charge in [0.25, 0.3) is 0 Å². The van der Waals surface area contributed by atoms with Crippen molar-refractivity contribution in [3.05, 3.63) is 0 Å². The summed E-state index contributed by atoms with van der Waals surface area (Å²) in [5.41, 5.74) is -0.609. The van der Waals surface area contributed by atoms with Crippen molar-refractivity contribution < 1.29 is 19.1 Å². The molecule has 1 rings (SSSR count). The minimum Gasteiger partial charge on any atom is -0.467 e. The van der Waals surface area contributed by atoms with E-state index < -0.39 is 17.6 Å². The molecule has 1 fully saturated rings. The van der Waals surface area contributed by atoms with E-state index in [9.17, 15) is 14.4 Å². The van der Waals surface area contributed by atoms with Crippen molar-refractivity contribution in [2.24, 2.45) is 0 Å². The maximum absolute atomic E-state index is 11.6. The summed E-state index contributed by atoms with van der Waals surface area (Å²) in [5, 5.41) is 0. The number of esters is 1. The number of rotatable bonds is 1. The molecule has 1 unspecified atom stereocenters. The standard InChI is InChI=1S/C10H15NO4/c1-6(12)11-8(9(14)15-4)7(13)5-10(11,2)3/h8H,5H2,1-4H3. The molecule has 84 valence electrons. The Labute approximate surface area is 88.4 Å². The van der Waals surface area contributed by atoms with Crippen LogP contribution in [0, 0.1) is 0 Å². The number of hydrogen-bond acceptors (Lipinski definition) is 4. The van der Waals surface area contributed by atoms with Gasteiger partial charge < -0.3 is 9.64 Å². The van der Waals surface area contributed by atoms with Crippen LogP contribution in [0.25, 0.3) is 0 Å². The van der Waals surface area contributed by atoms with E-state index in [4.69, 9.17) is 0 Å². The molecule has 0 bridgehead atoms. The highest BCUT2D eigenvalue weighted by Crippen LogP contribution is 2.31. The second kappa shape index (κ2) is 3.64. The van der Waals surface area contributed by atoms with Gasteiger partial charge in [-0.1, -0.05) is 0 Å². The average Bonchev–Trinajstić information content (AvgIpc) is 2.33. The number of amides is 1. The topological polar surface area (TPSA) is 63.7 Å². The van der Waals surface area contributed by atoms with Gasteiger partial charge in [0.05, 0.1) is 7.11 Å². The van der Waals surface area contributed by atoms with Crippen LogP contribution in [-0.2, 0) is 19.1 Å². The van der Waals surface area contributed by atoms with Gasteiger partial charge >= 0.3 is 5.97 Å². The lowest BCUT2D eigenvalue weighted by Crippen LogP contribution is -2.50. The molecule has 5 heteroatoms. The molecular formula is C10H15NO4. The molecule has 1 aliphatic heterocycles. The van der Waals surface area contributed by atoms with Crippen LogP contribution in [0.4, 0.5) is 0 Å². The van der Waals surface area contributed by atoms with Gasteiger partial charge in [0.1, 0.15) is 0 Å². The van der Waals surface area contributed by atoms with Crippen LogP contribution in [-0.4, -0.2) is 41.3 Å². The lowest BCUT2D eigenvalue weighted by molar-refractivity contribution is -0.155. The summed E-state index contributed by atoms with van der Waals surface area (Å²) in [6.07, 6.45) is 0.187. The molecule has 1 atom stereocenters. The molecular weight excluding hydrogens is 198 g/mol.